The average molecular weight is 244 g/mol. The molecule has 1 aromatic rings. The third-order valence-corrected chi connectivity index (χ3v) is 4.34. The standard InChI is InChI=1S/C17H24O/c1-17(13-6-3-7-14-17)16(18)12-8-11-15-9-4-2-5-10-15/h2,4-5,9-10H,3,6-8,11-14H2,1H3. The van der Waals surface area contributed by atoms with Gasteiger partial charge in [0.2, 0.25) is 0 Å². The molecule has 0 aromatic heterocycles. The average Bonchev–Trinajstić information content (AvgIpc) is 2.41. The van der Waals surface area contributed by atoms with Gasteiger partial charge in [-0.2, -0.15) is 0 Å². The van der Waals surface area contributed by atoms with Crippen molar-refractivity contribution in [1.29, 1.82) is 0 Å². The number of aryl methyl sites for hydroxylation is 1. The summed E-state index contributed by atoms with van der Waals surface area (Å²) >= 11 is 0. The monoisotopic (exact) mass is 244 g/mol. The molecule has 1 fully saturated rings. The first-order chi connectivity index (χ1) is 8.71. The van der Waals surface area contributed by atoms with Gasteiger partial charge in [-0.25, -0.2) is 0 Å². The lowest BCUT2D eigenvalue weighted by atomic mass is 9.71. The molecule has 1 aromatic carbocycles. The molecule has 1 aliphatic rings. The molecular formula is C17H24O. The molecule has 0 N–H and O–H groups in total. The largest absolute Gasteiger partial charge is 0.299 e. The third kappa shape index (κ3) is 3.44. The maximum absolute atomic E-state index is 12.3. The van der Waals surface area contributed by atoms with E-state index in [1.807, 2.05) is 6.07 Å². The van der Waals surface area contributed by atoms with Crippen molar-refractivity contribution in [3.05, 3.63) is 35.9 Å². The summed E-state index contributed by atoms with van der Waals surface area (Å²) in [6, 6.07) is 10.5. The van der Waals surface area contributed by atoms with Crippen LogP contribution in [0.2, 0.25) is 0 Å². The number of carbonyl (C=O) groups excluding carboxylic acids is 1. The fraction of sp³-hybridized carbons (Fsp3) is 0.588. The Bertz CT molecular complexity index is 374. The number of ketones is 1. The molecule has 0 spiro atoms. The van der Waals surface area contributed by atoms with Crippen molar-refractivity contribution in [2.45, 2.75) is 58.3 Å². The highest BCUT2D eigenvalue weighted by molar-refractivity contribution is 5.84. The molecule has 1 aliphatic carbocycles. The molecule has 0 saturated heterocycles. The number of carbonyl (C=O) groups is 1. The molecule has 0 atom stereocenters. The van der Waals surface area contributed by atoms with Gasteiger partial charge in [0.1, 0.15) is 5.78 Å². The minimum Gasteiger partial charge on any atom is -0.299 e. The molecule has 0 amide bonds. The molecule has 1 heteroatoms. The van der Waals surface area contributed by atoms with Gasteiger partial charge >= 0.3 is 0 Å². The van der Waals surface area contributed by atoms with E-state index in [1.165, 1.54) is 24.8 Å². The van der Waals surface area contributed by atoms with Gasteiger partial charge in [0.15, 0.2) is 0 Å². The second-order valence-corrected chi connectivity index (χ2v) is 5.88. The van der Waals surface area contributed by atoms with E-state index < -0.39 is 0 Å². The molecule has 1 saturated carbocycles. The summed E-state index contributed by atoms with van der Waals surface area (Å²) in [6.07, 6.45) is 8.79. The van der Waals surface area contributed by atoms with Crippen molar-refractivity contribution >= 4 is 5.78 Å². The zero-order valence-corrected chi connectivity index (χ0v) is 11.5. The predicted molar refractivity (Wildman–Crippen MR) is 75.6 cm³/mol. The first-order valence-electron chi connectivity index (χ1n) is 7.28. The van der Waals surface area contributed by atoms with Crippen LogP contribution in [0.5, 0.6) is 0 Å². The normalized spacial score (nSPS) is 18.5. The molecule has 2 rings (SSSR count). The van der Waals surface area contributed by atoms with Crippen molar-refractivity contribution in [2.75, 3.05) is 0 Å². The Morgan fingerprint density at radius 1 is 1.11 bits per heavy atom. The van der Waals surface area contributed by atoms with Crippen LogP contribution < -0.4 is 0 Å². The highest BCUT2D eigenvalue weighted by atomic mass is 16.1. The van der Waals surface area contributed by atoms with Gasteiger partial charge in [0.05, 0.1) is 0 Å². The van der Waals surface area contributed by atoms with Crippen LogP contribution in [0, 0.1) is 5.41 Å². The molecule has 0 heterocycles. The lowest BCUT2D eigenvalue weighted by molar-refractivity contribution is -0.129. The van der Waals surface area contributed by atoms with Crippen LogP contribution in [-0.4, -0.2) is 5.78 Å². The van der Waals surface area contributed by atoms with E-state index in [0.29, 0.717) is 5.78 Å². The van der Waals surface area contributed by atoms with Gasteiger partial charge in [0, 0.05) is 11.8 Å². The summed E-state index contributed by atoms with van der Waals surface area (Å²) in [5.41, 5.74) is 1.34. The Hall–Kier alpha value is -1.11. The Labute approximate surface area is 111 Å². The second kappa shape index (κ2) is 6.17. The topological polar surface area (TPSA) is 17.1 Å². The fourth-order valence-electron chi connectivity index (χ4n) is 3.01. The summed E-state index contributed by atoms with van der Waals surface area (Å²) in [5, 5.41) is 0. The van der Waals surface area contributed by atoms with Crippen LogP contribution in [-0.2, 0) is 11.2 Å². The Morgan fingerprint density at radius 2 is 1.78 bits per heavy atom. The smallest absolute Gasteiger partial charge is 0.138 e. The lowest BCUT2D eigenvalue weighted by Gasteiger charge is -2.32. The Kier molecular flexibility index (Phi) is 4.57. The summed E-state index contributed by atoms with van der Waals surface area (Å²) < 4.78 is 0. The minimum absolute atomic E-state index is 0.00502. The van der Waals surface area contributed by atoms with E-state index in [2.05, 4.69) is 31.2 Å². The molecule has 98 valence electrons. The van der Waals surface area contributed by atoms with Gasteiger partial charge in [-0.1, -0.05) is 56.5 Å². The lowest BCUT2D eigenvalue weighted by Crippen LogP contribution is -2.30. The van der Waals surface area contributed by atoms with Crippen LogP contribution in [0.1, 0.15) is 57.4 Å². The first kappa shape index (κ1) is 13.3. The van der Waals surface area contributed by atoms with Crippen molar-refractivity contribution in [3.63, 3.8) is 0 Å². The van der Waals surface area contributed by atoms with Crippen molar-refractivity contribution in [1.82, 2.24) is 0 Å². The molecule has 0 aliphatic heterocycles. The van der Waals surface area contributed by atoms with Crippen molar-refractivity contribution in [2.24, 2.45) is 5.41 Å². The first-order valence-corrected chi connectivity index (χ1v) is 7.28. The zero-order valence-electron chi connectivity index (χ0n) is 11.5. The summed E-state index contributed by atoms with van der Waals surface area (Å²) in [6.45, 7) is 2.18. The molecular weight excluding hydrogens is 220 g/mol. The quantitative estimate of drug-likeness (QED) is 0.742. The minimum atomic E-state index is -0.00502. The zero-order chi connectivity index (χ0) is 12.8. The van der Waals surface area contributed by atoms with Crippen LogP contribution in [0.15, 0.2) is 30.3 Å². The summed E-state index contributed by atoms with van der Waals surface area (Å²) in [5.74, 6) is 0.498. The Morgan fingerprint density at radius 3 is 2.44 bits per heavy atom. The summed E-state index contributed by atoms with van der Waals surface area (Å²) in [4.78, 5) is 12.3. The molecule has 0 radical (unpaired) electrons. The number of hydrogen-bond acceptors (Lipinski definition) is 1. The van der Waals surface area contributed by atoms with Crippen molar-refractivity contribution in [3.8, 4) is 0 Å². The predicted octanol–water partition coefficient (Wildman–Crippen LogP) is 4.55. The van der Waals surface area contributed by atoms with Crippen LogP contribution in [0.25, 0.3) is 0 Å². The van der Waals surface area contributed by atoms with Gasteiger partial charge in [0.25, 0.3) is 0 Å². The maximum Gasteiger partial charge on any atom is 0.138 e. The van der Waals surface area contributed by atoms with Gasteiger partial charge in [-0.05, 0) is 31.2 Å². The third-order valence-electron chi connectivity index (χ3n) is 4.34. The highest BCUT2D eigenvalue weighted by Gasteiger charge is 2.33. The SMILES string of the molecule is CC1(C(=O)CCCc2ccccc2)CCCCC1. The number of hydrogen-bond donors (Lipinski definition) is 0. The molecule has 0 bridgehead atoms. The van der Waals surface area contributed by atoms with Crippen LogP contribution >= 0.6 is 0 Å². The molecule has 18 heavy (non-hydrogen) atoms. The number of benzene rings is 1. The van der Waals surface area contributed by atoms with E-state index >= 15 is 0 Å². The van der Waals surface area contributed by atoms with E-state index in [-0.39, 0.29) is 5.41 Å². The van der Waals surface area contributed by atoms with Gasteiger partial charge in [-0.3, -0.25) is 4.79 Å². The van der Waals surface area contributed by atoms with E-state index in [9.17, 15) is 4.79 Å². The second-order valence-electron chi connectivity index (χ2n) is 5.88. The van der Waals surface area contributed by atoms with E-state index in [4.69, 9.17) is 0 Å². The van der Waals surface area contributed by atoms with Gasteiger partial charge in [-0.15, -0.1) is 0 Å². The van der Waals surface area contributed by atoms with Crippen LogP contribution in [0.3, 0.4) is 0 Å². The van der Waals surface area contributed by atoms with E-state index in [1.54, 1.807) is 0 Å². The molecule has 1 nitrogen and oxygen atoms in total. The number of rotatable bonds is 5. The van der Waals surface area contributed by atoms with Crippen molar-refractivity contribution < 1.29 is 4.79 Å². The van der Waals surface area contributed by atoms with Gasteiger partial charge < -0.3 is 0 Å². The van der Waals surface area contributed by atoms with Crippen LogP contribution in [0.4, 0.5) is 0 Å². The number of Topliss-reactive ketones (excluding diaryl/α,β-unsaturated/α-hetero) is 1. The Balaban J connectivity index is 1.78. The molecule has 0 unspecified atom stereocenters. The fourth-order valence-corrected chi connectivity index (χ4v) is 3.01. The highest BCUT2D eigenvalue weighted by Crippen LogP contribution is 2.37. The summed E-state index contributed by atoms with van der Waals surface area (Å²) in [7, 11) is 0. The maximum atomic E-state index is 12.3. The van der Waals surface area contributed by atoms with E-state index in [0.717, 1.165) is 32.1 Å².